The first-order chi connectivity index (χ1) is 7.46. The minimum Gasteiger partial charge on any atom is -0.212 e. The van der Waals surface area contributed by atoms with Gasteiger partial charge in [0.1, 0.15) is 0 Å². The third-order valence-corrected chi connectivity index (χ3v) is 4.37. The maximum atomic E-state index is 11.4. The zero-order valence-corrected chi connectivity index (χ0v) is 11.2. The van der Waals surface area contributed by atoms with E-state index < -0.39 is 10.0 Å². The molecule has 6 heteroatoms. The van der Waals surface area contributed by atoms with Crippen LogP contribution in [0.4, 0.5) is 0 Å². The molecule has 3 nitrogen and oxygen atoms in total. The van der Waals surface area contributed by atoms with Crippen molar-refractivity contribution >= 4 is 33.2 Å². The zero-order chi connectivity index (χ0) is 12.2. The van der Waals surface area contributed by atoms with E-state index in [1.807, 2.05) is 6.92 Å². The maximum Gasteiger partial charge on any atom is 0.211 e. The summed E-state index contributed by atoms with van der Waals surface area (Å²) >= 11 is 11.7. The lowest BCUT2D eigenvalue weighted by atomic mass is 10.2. The highest BCUT2D eigenvalue weighted by atomic mass is 35.5. The van der Waals surface area contributed by atoms with Crippen LogP contribution in [0.1, 0.15) is 18.9 Å². The summed E-state index contributed by atoms with van der Waals surface area (Å²) < 4.78 is 25.3. The van der Waals surface area contributed by atoms with Crippen LogP contribution in [0, 0.1) is 0 Å². The number of hydrogen-bond donors (Lipinski definition) is 1. The molecule has 90 valence electrons. The Kier molecular flexibility index (Phi) is 5.05. The van der Waals surface area contributed by atoms with Crippen molar-refractivity contribution in [2.75, 3.05) is 5.75 Å². The molecule has 1 aromatic carbocycles. The van der Waals surface area contributed by atoms with Crippen LogP contribution in [0.25, 0.3) is 0 Å². The van der Waals surface area contributed by atoms with E-state index in [2.05, 4.69) is 4.72 Å². The molecule has 0 bridgehead atoms. The second-order valence-corrected chi connectivity index (χ2v) is 6.06. The molecule has 0 saturated heterocycles. The van der Waals surface area contributed by atoms with Crippen molar-refractivity contribution < 1.29 is 8.42 Å². The Morgan fingerprint density at radius 3 is 2.62 bits per heavy atom. The number of rotatable bonds is 5. The highest BCUT2D eigenvalue weighted by Crippen LogP contribution is 2.25. The fourth-order valence-corrected chi connectivity index (χ4v) is 2.66. The van der Waals surface area contributed by atoms with Crippen molar-refractivity contribution in [1.82, 2.24) is 4.72 Å². The fraction of sp³-hybridized carbons (Fsp3) is 0.400. The van der Waals surface area contributed by atoms with Crippen LogP contribution in [-0.2, 0) is 16.6 Å². The highest BCUT2D eigenvalue weighted by Gasteiger charge is 2.10. The Bertz CT molecular complexity index is 460. The standard InChI is InChI=1S/C10H13Cl2NO2S/c1-2-6-16(14,15)13-7-8-4-3-5-9(11)10(8)12/h3-5,13H,2,6-7H2,1H3. The summed E-state index contributed by atoms with van der Waals surface area (Å²) in [6, 6.07) is 5.13. The Balaban J connectivity index is 2.72. The summed E-state index contributed by atoms with van der Waals surface area (Å²) in [6.45, 7) is 1.98. The van der Waals surface area contributed by atoms with Crippen LogP contribution < -0.4 is 4.72 Å². The molecule has 0 aliphatic carbocycles. The van der Waals surface area contributed by atoms with E-state index in [0.29, 0.717) is 22.0 Å². The molecule has 0 saturated carbocycles. The third-order valence-electron chi connectivity index (χ3n) is 1.99. The van der Waals surface area contributed by atoms with E-state index in [4.69, 9.17) is 23.2 Å². The minimum atomic E-state index is -3.21. The van der Waals surface area contributed by atoms with Gasteiger partial charge in [-0.05, 0) is 18.1 Å². The molecule has 0 fully saturated rings. The fourth-order valence-electron chi connectivity index (χ4n) is 1.21. The molecule has 0 aliphatic rings. The van der Waals surface area contributed by atoms with Gasteiger partial charge in [-0.3, -0.25) is 0 Å². The second kappa shape index (κ2) is 5.87. The molecule has 16 heavy (non-hydrogen) atoms. The third kappa shape index (κ3) is 3.94. The Labute approximate surface area is 106 Å². The molecule has 0 heterocycles. The van der Waals surface area contributed by atoms with Crippen LogP contribution in [0.2, 0.25) is 10.0 Å². The van der Waals surface area contributed by atoms with Crippen LogP contribution in [0.15, 0.2) is 18.2 Å². The van der Waals surface area contributed by atoms with Gasteiger partial charge in [-0.15, -0.1) is 0 Å². The Hall–Kier alpha value is -0.290. The first-order valence-corrected chi connectivity index (χ1v) is 7.27. The Morgan fingerprint density at radius 2 is 2.00 bits per heavy atom. The molecule has 0 radical (unpaired) electrons. The van der Waals surface area contributed by atoms with Gasteiger partial charge >= 0.3 is 0 Å². The second-order valence-electron chi connectivity index (χ2n) is 3.35. The van der Waals surface area contributed by atoms with Gasteiger partial charge in [-0.1, -0.05) is 42.3 Å². The maximum absolute atomic E-state index is 11.4. The topological polar surface area (TPSA) is 46.2 Å². The van der Waals surface area contributed by atoms with Gasteiger partial charge < -0.3 is 0 Å². The normalized spacial score (nSPS) is 11.7. The predicted molar refractivity (Wildman–Crippen MR) is 67.4 cm³/mol. The summed E-state index contributed by atoms with van der Waals surface area (Å²) in [5.41, 5.74) is 0.675. The molecule has 1 aromatic rings. The van der Waals surface area contributed by atoms with E-state index in [9.17, 15) is 8.42 Å². The minimum absolute atomic E-state index is 0.116. The summed E-state index contributed by atoms with van der Waals surface area (Å²) in [5, 5.41) is 0.817. The Morgan fingerprint density at radius 1 is 1.31 bits per heavy atom. The molecule has 1 rings (SSSR count). The van der Waals surface area contributed by atoms with Crippen molar-refractivity contribution in [2.24, 2.45) is 0 Å². The summed E-state index contributed by atoms with van der Waals surface area (Å²) in [4.78, 5) is 0. The average molecular weight is 282 g/mol. The number of sulfonamides is 1. The largest absolute Gasteiger partial charge is 0.212 e. The van der Waals surface area contributed by atoms with Crippen molar-refractivity contribution in [2.45, 2.75) is 19.9 Å². The van der Waals surface area contributed by atoms with E-state index in [0.717, 1.165) is 0 Å². The monoisotopic (exact) mass is 281 g/mol. The number of halogens is 2. The van der Waals surface area contributed by atoms with E-state index in [1.165, 1.54) is 0 Å². The lowest BCUT2D eigenvalue weighted by Crippen LogP contribution is -2.25. The first-order valence-electron chi connectivity index (χ1n) is 4.86. The molecule has 0 atom stereocenters. The van der Waals surface area contributed by atoms with Crippen LogP contribution in [0.3, 0.4) is 0 Å². The van der Waals surface area contributed by atoms with E-state index in [-0.39, 0.29) is 12.3 Å². The van der Waals surface area contributed by atoms with Gasteiger partial charge in [0, 0.05) is 6.54 Å². The molecule has 0 unspecified atom stereocenters. The lowest BCUT2D eigenvalue weighted by molar-refractivity contribution is 0.580. The zero-order valence-electron chi connectivity index (χ0n) is 8.83. The number of benzene rings is 1. The van der Waals surface area contributed by atoms with Crippen LogP contribution >= 0.6 is 23.2 Å². The number of nitrogens with one attached hydrogen (secondary N) is 1. The van der Waals surface area contributed by atoms with Crippen LogP contribution in [0.5, 0.6) is 0 Å². The van der Waals surface area contributed by atoms with Gasteiger partial charge in [0.05, 0.1) is 15.8 Å². The van der Waals surface area contributed by atoms with Crippen molar-refractivity contribution in [3.05, 3.63) is 33.8 Å². The van der Waals surface area contributed by atoms with Gasteiger partial charge in [0.2, 0.25) is 10.0 Å². The van der Waals surface area contributed by atoms with E-state index in [1.54, 1.807) is 18.2 Å². The molecular weight excluding hydrogens is 269 g/mol. The van der Waals surface area contributed by atoms with Crippen molar-refractivity contribution in [1.29, 1.82) is 0 Å². The average Bonchev–Trinajstić information content (AvgIpc) is 2.20. The van der Waals surface area contributed by atoms with Crippen LogP contribution in [-0.4, -0.2) is 14.2 Å². The molecular formula is C10H13Cl2NO2S. The summed E-state index contributed by atoms with van der Waals surface area (Å²) in [7, 11) is -3.21. The predicted octanol–water partition coefficient (Wildman–Crippen LogP) is 2.82. The van der Waals surface area contributed by atoms with E-state index >= 15 is 0 Å². The van der Waals surface area contributed by atoms with Gasteiger partial charge in [-0.25, -0.2) is 13.1 Å². The van der Waals surface area contributed by atoms with Gasteiger partial charge in [0.15, 0.2) is 0 Å². The first kappa shape index (κ1) is 13.8. The quantitative estimate of drug-likeness (QED) is 0.902. The SMILES string of the molecule is CCCS(=O)(=O)NCc1cccc(Cl)c1Cl. The number of hydrogen-bond acceptors (Lipinski definition) is 2. The summed E-state index contributed by atoms with van der Waals surface area (Å²) in [6.07, 6.45) is 0.582. The molecule has 0 spiro atoms. The van der Waals surface area contributed by atoms with Crippen molar-refractivity contribution in [3.8, 4) is 0 Å². The van der Waals surface area contributed by atoms with Crippen molar-refractivity contribution in [3.63, 3.8) is 0 Å². The molecule has 0 aliphatic heterocycles. The van der Waals surface area contributed by atoms with Gasteiger partial charge in [0.25, 0.3) is 0 Å². The highest BCUT2D eigenvalue weighted by molar-refractivity contribution is 7.89. The molecule has 1 N–H and O–H groups in total. The summed E-state index contributed by atoms with van der Waals surface area (Å²) in [5.74, 6) is 0.116. The smallest absolute Gasteiger partial charge is 0.211 e. The molecule has 0 amide bonds. The van der Waals surface area contributed by atoms with Gasteiger partial charge in [-0.2, -0.15) is 0 Å². The lowest BCUT2D eigenvalue weighted by Gasteiger charge is -2.07. The molecule has 0 aromatic heterocycles.